The average molecular weight is 321 g/mol. The topological polar surface area (TPSA) is 66.8 Å². The Labute approximate surface area is 138 Å². The minimum atomic E-state index is -0.491. The maximum absolute atomic E-state index is 12.4. The Morgan fingerprint density at radius 3 is 2.75 bits per heavy atom. The van der Waals surface area contributed by atoms with Gasteiger partial charge in [-0.05, 0) is 35.9 Å². The fourth-order valence-electron chi connectivity index (χ4n) is 3.26. The molecule has 5 nitrogen and oxygen atoms in total. The molecule has 0 radical (unpaired) electrons. The van der Waals surface area contributed by atoms with Crippen LogP contribution in [0, 0.1) is 0 Å². The molecule has 2 atom stereocenters. The molecule has 2 aromatic carbocycles. The first-order valence-corrected chi connectivity index (χ1v) is 7.73. The molecule has 1 amide bonds. The van der Waals surface area contributed by atoms with E-state index in [0.29, 0.717) is 12.0 Å². The number of rotatable bonds is 2. The normalized spacial score (nSPS) is 21.3. The summed E-state index contributed by atoms with van der Waals surface area (Å²) in [5.74, 6) is -0.441. The minimum absolute atomic E-state index is 0.125. The molecular weight excluding hydrogens is 306 g/mol. The summed E-state index contributed by atoms with van der Waals surface area (Å²) in [6, 6.07) is 13.3. The minimum Gasteiger partial charge on any atom is -0.508 e. The number of benzene rings is 2. The summed E-state index contributed by atoms with van der Waals surface area (Å²) < 4.78 is 5.67. The molecule has 5 heteroatoms. The van der Waals surface area contributed by atoms with E-state index in [1.807, 2.05) is 6.07 Å². The zero-order chi connectivity index (χ0) is 16.7. The van der Waals surface area contributed by atoms with Crippen molar-refractivity contribution in [2.45, 2.75) is 18.6 Å². The summed E-state index contributed by atoms with van der Waals surface area (Å²) >= 11 is 0. The van der Waals surface area contributed by atoms with Crippen molar-refractivity contribution < 1.29 is 19.4 Å². The SMILES string of the molecule is O=C(O[C@H]1Cc2cc(O)ccc2N2C(=O)C=C[C@H]12)c1ccccc1. The summed E-state index contributed by atoms with van der Waals surface area (Å²) in [5, 5.41) is 9.71. The number of ether oxygens (including phenoxy) is 1. The van der Waals surface area contributed by atoms with Gasteiger partial charge in [0.25, 0.3) is 5.91 Å². The molecule has 2 aliphatic rings. The van der Waals surface area contributed by atoms with Crippen molar-refractivity contribution in [3.8, 4) is 5.75 Å². The van der Waals surface area contributed by atoms with Crippen LogP contribution in [0.15, 0.2) is 60.7 Å². The zero-order valence-corrected chi connectivity index (χ0v) is 12.8. The zero-order valence-electron chi connectivity index (χ0n) is 12.8. The number of aromatic hydroxyl groups is 1. The Hall–Kier alpha value is -3.08. The van der Waals surface area contributed by atoms with Gasteiger partial charge in [-0.15, -0.1) is 0 Å². The molecule has 2 aromatic rings. The van der Waals surface area contributed by atoms with Crippen molar-refractivity contribution in [2.24, 2.45) is 0 Å². The van der Waals surface area contributed by atoms with Gasteiger partial charge < -0.3 is 9.84 Å². The fraction of sp³-hybridized carbons (Fsp3) is 0.158. The standard InChI is InChI=1S/C19H15NO4/c21-14-6-7-15-13(10-14)11-17(16-8-9-18(22)20(15)16)24-19(23)12-4-2-1-3-5-12/h1-10,16-17,21H,11H2/t16-,17+/m1/s1. The maximum atomic E-state index is 12.4. The lowest BCUT2D eigenvalue weighted by atomic mass is 9.94. The smallest absolute Gasteiger partial charge is 0.338 e. The number of amides is 1. The van der Waals surface area contributed by atoms with E-state index in [9.17, 15) is 14.7 Å². The van der Waals surface area contributed by atoms with Gasteiger partial charge in [0.05, 0.1) is 11.6 Å². The second-order valence-corrected chi connectivity index (χ2v) is 5.88. The third-order valence-electron chi connectivity index (χ3n) is 4.36. The van der Waals surface area contributed by atoms with Gasteiger partial charge in [-0.25, -0.2) is 4.79 Å². The molecule has 4 rings (SSSR count). The lowest BCUT2D eigenvalue weighted by Crippen LogP contribution is -2.48. The van der Waals surface area contributed by atoms with Crippen LogP contribution in [0.1, 0.15) is 15.9 Å². The number of phenols is 1. The third kappa shape index (κ3) is 2.34. The molecule has 0 bridgehead atoms. The van der Waals surface area contributed by atoms with E-state index in [1.54, 1.807) is 53.4 Å². The summed E-state index contributed by atoms with van der Waals surface area (Å²) in [5.41, 5.74) is 2.01. The summed E-state index contributed by atoms with van der Waals surface area (Å²) in [4.78, 5) is 26.2. The predicted octanol–water partition coefficient (Wildman–Crippen LogP) is 2.45. The number of hydrogen-bond acceptors (Lipinski definition) is 4. The molecule has 0 saturated heterocycles. The second kappa shape index (κ2) is 5.53. The largest absolute Gasteiger partial charge is 0.508 e. The molecule has 1 N–H and O–H groups in total. The molecule has 2 aliphatic heterocycles. The summed E-state index contributed by atoms with van der Waals surface area (Å²) in [6.07, 6.45) is 3.22. The van der Waals surface area contributed by atoms with Crippen molar-refractivity contribution in [2.75, 3.05) is 4.90 Å². The first-order chi connectivity index (χ1) is 11.6. The van der Waals surface area contributed by atoms with Crippen LogP contribution < -0.4 is 4.90 Å². The molecule has 24 heavy (non-hydrogen) atoms. The van der Waals surface area contributed by atoms with Crippen LogP contribution in [-0.4, -0.2) is 29.1 Å². The van der Waals surface area contributed by atoms with E-state index < -0.39 is 12.1 Å². The Bertz CT molecular complexity index is 844. The number of carbonyl (C=O) groups excluding carboxylic acids is 2. The second-order valence-electron chi connectivity index (χ2n) is 5.88. The van der Waals surface area contributed by atoms with Crippen molar-refractivity contribution in [3.63, 3.8) is 0 Å². The average Bonchev–Trinajstić information content (AvgIpc) is 2.98. The molecule has 0 unspecified atom stereocenters. The lowest BCUT2D eigenvalue weighted by molar-refractivity contribution is -0.114. The van der Waals surface area contributed by atoms with Gasteiger partial charge in [-0.3, -0.25) is 9.69 Å². The van der Waals surface area contributed by atoms with Crippen LogP contribution in [-0.2, 0) is 16.0 Å². The van der Waals surface area contributed by atoms with Gasteiger partial charge in [-0.2, -0.15) is 0 Å². The van der Waals surface area contributed by atoms with Gasteiger partial charge in [0.2, 0.25) is 0 Å². The van der Waals surface area contributed by atoms with E-state index in [0.717, 1.165) is 11.3 Å². The van der Waals surface area contributed by atoms with Crippen LogP contribution in [0.5, 0.6) is 5.75 Å². The maximum Gasteiger partial charge on any atom is 0.338 e. The van der Waals surface area contributed by atoms with E-state index in [-0.39, 0.29) is 17.7 Å². The van der Waals surface area contributed by atoms with Gasteiger partial charge >= 0.3 is 5.97 Å². The van der Waals surface area contributed by atoms with E-state index >= 15 is 0 Å². The highest BCUT2D eigenvalue weighted by Crippen LogP contribution is 2.37. The van der Waals surface area contributed by atoms with Crippen LogP contribution in [0.3, 0.4) is 0 Å². The summed E-state index contributed by atoms with van der Waals surface area (Å²) in [6.45, 7) is 0. The number of anilines is 1. The number of esters is 1. The van der Waals surface area contributed by atoms with Crippen LogP contribution in [0.4, 0.5) is 5.69 Å². The number of hydrogen-bond donors (Lipinski definition) is 1. The van der Waals surface area contributed by atoms with Crippen molar-refractivity contribution >= 4 is 17.6 Å². The van der Waals surface area contributed by atoms with Gasteiger partial charge in [0, 0.05) is 18.2 Å². The highest BCUT2D eigenvalue weighted by molar-refractivity contribution is 6.06. The Morgan fingerprint density at radius 2 is 1.96 bits per heavy atom. The Balaban J connectivity index is 1.66. The van der Waals surface area contributed by atoms with Gasteiger partial charge in [0.1, 0.15) is 11.9 Å². The number of fused-ring (bicyclic) bond motifs is 3. The first-order valence-electron chi connectivity index (χ1n) is 7.73. The summed E-state index contributed by atoms with van der Waals surface area (Å²) in [7, 11) is 0. The molecule has 0 fully saturated rings. The van der Waals surface area contributed by atoms with Gasteiger partial charge in [0.15, 0.2) is 0 Å². The quantitative estimate of drug-likeness (QED) is 0.863. The van der Waals surface area contributed by atoms with Crippen LogP contribution >= 0.6 is 0 Å². The van der Waals surface area contributed by atoms with Crippen LogP contribution in [0.2, 0.25) is 0 Å². The molecule has 0 spiro atoms. The molecule has 0 saturated carbocycles. The first kappa shape index (κ1) is 14.5. The fourth-order valence-corrected chi connectivity index (χ4v) is 3.26. The highest BCUT2D eigenvalue weighted by Gasteiger charge is 2.41. The predicted molar refractivity (Wildman–Crippen MR) is 87.9 cm³/mol. The Morgan fingerprint density at radius 1 is 1.17 bits per heavy atom. The van der Waals surface area contributed by atoms with Crippen molar-refractivity contribution in [1.82, 2.24) is 0 Å². The van der Waals surface area contributed by atoms with E-state index in [4.69, 9.17) is 4.74 Å². The Kier molecular flexibility index (Phi) is 3.34. The number of phenolic OH excluding ortho intramolecular Hbond substituents is 1. The van der Waals surface area contributed by atoms with E-state index in [1.165, 1.54) is 6.08 Å². The monoisotopic (exact) mass is 321 g/mol. The number of carbonyl (C=O) groups is 2. The molecular formula is C19H15NO4. The lowest BCUT2D eigenvalue weighted by Gasteiger charge is -2.37. The molecule has 0 aliphatic carbocycles. The van der Waals surface area contributed by atoms with Crippen molar-refractivity contribution in [1.29, 1.82) is 0 Å². The van der Waals surface area contributed by atoms with Crippen molar-refractivity contribution in [3.05, 3.63) is 71.8 Å². The van der Waals surface area contributed by atoms with E-state index in [2.05, 4.69) is 0 Å². The van der Waals surface area contributed by atoms with Crippen LogP contribution in [0.25, 0.3) is 0 Å². The number of nitrogens with zero attached hydrogens (tertiary/aromatic N) is 1. The molecule has 120 valence electrons. The highest BCUT2D eigenvalue weighted by atomic mass is 16.5. The molecule has 2 heterocycles. The molecule has 0 aromatic heterocycles. The third-order valence-corrected chi connectivity index (χ3v) is 4.36. The van der Waals surface area contributed by atoms with Gasteiger partial charge in [-0.1, -0.05) is 24.3 Å².